The minimum absolute atomic E-state index is 0.409. The highest BCUT2D eigenvalue weighted by atomic mass is 28.3. The summed E-state index contributed by atoms with van der Waals surface area (Å²) in [7, 11) is 2.22. The van der Waals surface area contributed by atoms with Gasteiger partial charge in [0.15, 0.2) is 0 Å². The molecule has 1 fully saturated rings. The fourth-order valence-electron chi connectivity index (χ4n) is 2.11. The fraction of sp³-hybridized carbons (Fsp3) is 1.00. The summed E-state index contributed by atoms with van der Waals surface area (Å²) in [6, 6.07) is 1.14. The van der Waals surface area contributed by atoms with E-state index in [4.69, 9.17) is 18.3 Å². The molecule has 114 valence electrons. The highest BCUT2D eigenvalue weighted by Crippen LogP contribution is 2.11. The Morgan fingerprint density at radius 2 is 1.53 bits per heavy atom. The fourth-order valence-corrected chi connectivity index (χ4v) is 3.40. The van der Waals surface area contributed by atoms with Crippen LogP contribution in [0.15, 0.2) is 0 Å². The normalized spacial score (nSPS) is 18.2. The summed E-state index contributed by atoms with van der Waals surface area (Å²) in [6.45, 7) is 2.59. The van der Waals surface area contributed by atoms with E-state index < -0.39 is 9.28 Å². The first-order valence-corrected chi connectivity index (χ1v) is 9.37. The molecule has 1 unspecified atom stereocenters. The summed E-state index contributed by atoms with van der Waals surface area (Å²) in [5, 5.41) is 0. The van der Waals surface area contributed by atoms with Crippen molar-refractivity contribution in [2.75, 3.05) is 34.0 Å². The van der Waals surface area contributed by atoms with Crippen molar-refractivity contribution in [1.29, 1.82) is 0 Å². The molecule has 1 aliphatic heterocycles. The summed E-state index contributed by atoms with van der Waals surface area (Å²) in [6.07, 6.45) is 9.47. The summed E-state index contributed by atoms with van der Waals surface area (Å²) in [5.74, 6) is 0. The SMILES string of the molecule is CO[SiH](CCCCCCCCCOCC1CO1)OC. The lowest BCUT2D eigenvalue weighted by atomic mass is 10.1. The molecule has 0 amide bonds. The molecule has 1 heterocycles. The molecular weight excluding hydrogens is 260 g/mol. The lowest BCUT2D eigenvalue weighted by Gasteiger charge is -2.10. The largest absolute Gasteiger partial charge is 0.400 e. The van der Waals surface area contributed by atoms with Crippen LogP contribution in [0, 0.1) is 0 Å². The van der Waals surface area contributed by atoms with Crippen LogP contribution in [0.3, 0.4) is 0 Å². The standard InChI is InChI=1S/C14H30O4Si/c1-15-19(16-2)11-9-7-5-3-4-6-8-10-17-12-14-13-18-14/h14,19H,3-13H2,1-2H3. The van der Waals surface area contributed by atoms with E-state index in [0.717, 1.165) is 25.9 Å². The number of rotatable bonds is 14. The molecule has 1 atom stereocenters. The third kappa shape index (κ3) is 10.5. The van der Waals surface area contributed by atoms with E-state index in [2.05, 4.69) is 0 Å². The number of epoxide rings is 1. The minimum Gasteiger partial charge on any atom is -0.400 e. The molecule has 1 saturated heterocycles. The lowest BCUT2D eigenvalue weighted by Crippen LogP contribution is -2.18. The molecule has 1 rings (SSSR count). The van der Waals surface area contributed by atoms with Crippen molar-refractivity contribution < 1.29 is 18.3 Å². The van der Waals surface area contributed by atoms with Gasteiger partial charge in [0.2, 0.25) is 0 Å². The Kier molecular flexibility index (Phi) is 10.7. The predicted octanol–water partition coefficient (Wildman–Crippen LogP) is 2.65. The van der Waals surface area contributed by atoms with Gasteiger partial charge in [0.05, 0.1) is 13.2 Å². The molecular formula is C14H30O4Si. The Morgan fingerprint density at radius 3 is 2.11 bits per heavy atom. The summed E-state index contributed by atoms with van der Waals surface area (Å²) in [4.78, 5) is 0. The van der Waals surface area contributed by atoms with Crippen LogP contribution in [-0.2, 0) is 18.3 Å². The van der Waals surface area contributed by atoms with Gasteiger partial charge in [-0.15, -0.1) is 0 Å². The van der Waals surface area contributed by atoms with Crippen molar-refractivity contribution >= 4 is 9.28 Å². The molecule has 0 radical (unpaired) electrons. The van der Waals surface area contributed by atoms with Gasteiger partial charge < -0.3 is 18.3 Å². The van der Waals surface area contributed by atoms with Crippen molar-refractivity contribution in [3.63, 3.8) is 0 Å². The van der Waals surface area contributed by atoms with Crippen molar-refractivity contribution in [2.45, 2.75) is 57.1 Å². The molecule has 0 aromatic heterocycles. The van der Waals surface area contributed by atoms with E-state index >= 15 is 0 Å². The molecule has 19 heavy (non-hydrogen) atoms. The highest BCUT2D eigenvalue weighted by Gasteiger charge is 2.21. The van der Waals surface area contributed by atoms with Gasteiger partial charge in [-0.3, -0.25) is 0 Å². The van der Waals surface area contributed by atoms with Crippen LogP contribution in [0.1, 0.15) is 44.9 Å². The molecule has 0 spiro atoms. The van der Waals surface area contributed by atoms with E-state index in [9.17, 15) is 0 Å². The van der Waals surface area contributed by atoms with E-state index in [1.54, 1.807) is 14.2 Å². The van der Waals surface area contributed by atoms with Gasteiger partial charge in [-0.25, -0.2) is 0 Å². The average molecular weight is 290 g/mol. The van der Waals surface area contributed by atoms with Crippen molar-refractivity contribution in [3.8, 4) is 0 Å². The van der Waals surface area contributed by atoms with Gasteiger partial charge in [0.1, 0.15) is 6.10 Å². The van der Waals surface area contributed by atoms with Gasteiger partial charge >= 0.3 is 9.28 Å². The zero-order valence-electron chi connectivity index (χ0n) is 12.6. The highest BCUT2D eigenvalue weighted by molar-refractivity contribution is 6.44. The number of hydrogen-bond donors (Lipinski definition) is 0. The van der Waals surface area contributed by atoms with Gasteiger partial charge in [0, 0.05) is 20.8 Å². The Balaban J connectivity index is 1.68. The molecule has 0 N–H and O–H groups in total. The second-order valence-electron chi connectivity index (χ2n) is 5.19. The first kappa shape index (κ1) is 17.1. The Morgan fingerprint density at radius 1 is 0.947 bits per heavy atom. The Hall–Kier alpha value is 0.0569. The maximum absolute atomic E-state index is 5.51. The zero-order valence-corrected chi connectivity index (χ0v) is 13.7. The number of hydrogen-bond acceptors (Lipinski definition) is 4. The maximum Gasteiger partial charge on any atom is 0.320 e. The Labute approximate surface area is 119 Å². The van der Waals surface area contributed by atoms with E-state index in [1.165, 1.54) is 44.9 Å². The quantitative estimate of drug-likeness (QED) is 0.280. The van der Waals surface area contributed by atoms with Crippen molar-refractivity contribution in [1.82, 2.24) is 0 Å². The maximum atomic E-state index is 5.51. The molecule has 0 saturated carbocycles. The number of ether oxygens (including phenoxy) is 2. The zero-order chi connectivity index (χ0) is 13.8. The van der Waals surface area contributed by atoms with Crippen LogP contribution in [0.25, 0.3) is 0 Å². The molecule has 1 aliphatic rings. The van der Waals surface area contributed by atoms with Crippen LogP contribution >= 0.6 is 0 Å². The van der Waals surface area contributed by atoms with Crippen LogP contribution in [-0.4, -0.2) is 49.4 Å². The van der Waals surface area contributed by atoms with Crippen LogP contribution in [0.2, 0.25) is 6.04 Å². The third-order valence-electron chi connectivity index (χ3n) is 3.46. The van der Waals surface area contributed by atoms with Crippen LogP contribution < -0.4 is 0 Å². The van der Waals surface area contributed by atoms with E-state index in [0.29, 0.717) is 6.10 Å². The molecule has 4 nitrogen and oxygen atoms in total. The predicted molar refractivity (Wildman–Crippen MR) is 78.9 cm³/mol. The topological polar surface area (TPSA) is 40.2 Å². The van der Waals surface area contributed by atoms with Crippen molar-refractivity contribution in [2.24, 2.45) is 0 Å². The Bertz CT molecular complexity index is 196. The van der Waals surface area contributed by atoms with Crippen LogP contribution in [0.5, 0.6) is 0 Å². The van der Waals surface area contributed by atoms with Crippen LogP contribution in [0.4, 0.5) is 0 Å². The monoisotopic (exact) mass is 290 g/mol. The molecule has 5 heteroatoms. The molecule has 0 aromatic rings. The second kappa shape index (κ2) is 11.8. The van der Waals surface area contributed by atoms with E-state index in [1.807, 2.05) is 0 Å². The smallest absolute Gasteiger partial charge is 0.320 e. The molecule has 0 bridgehead atoms. The van der Waals surface area contributed by atoms with Gasteiger partial charge in [-0.2, -0.15) is 0 Å². The van der Waals surface area contributed by atoms with Gasteiger partial charge in [-0.05, 0) is 12.5 Å². The van der Waals surface area contributed by atoms with Gasteiger partial charge in [0.25, 0.3) is 0 Å². The number of unbranched alkanes of at least 4 members (excludes halogenated alkanes) is 6. The van der Waals surface area contributed by atoms with Gasteiger partial charge in [-0.1, -0.05) is 38.5 Å². The first-order valence-electron chi connectivity index (χ1n) is 7.61. The molecule has 0 aromatic carbocycles. The summed E-state index contributed by atoms with van der Waals surface area (Å²) >= 11 is 0. The average Bonchev–Trinajstić information content (AvgIpc) is 3.24. The second-order valence-corrected chi connectivity index (χ2v) is 7.57. The first-order chi connectivity index (χ1) is 9.36. The third-order valence-corrected chi connectivity index (χ3v) is 5.39. The molecule has 0 aliphatic carbocycles. The van der Waals surface area contributed by atoms with Crippen molar-refractivity contribution in [3.05, 3.63) is 0 Å². The van der Waals surface area contributed by atoms with E-state index in [-0.39, 0.29) is 0 Å². The lowest BCUT2D eigenvalue weighted by molar-refractivity contribution is 0.113. The minimum atomic E-state index is -1.30. The summed E-state index contributed by atoms with van der Waals surface area (Å²) < 4.78 is 21.2. The summed E-state index contributed by atoms with van der Waals surface area (Å²) in [5.41, 5.74) is 0.